The predicted molar refractivity (Wildman–Crippen MR) is 346 cm³/mol. The quantitative estimate of drug-likeness (QED) is 0.160. The van der Waals surface area contributed by atoms with Crippen LogP contribution in [0.5, 0.6) is 0 Å². The molecule has 14 rings (SSSR count). The number of hydrogen-bond acceptors (Lipinski definition) is 6. The van der Waals surface area contributed by atoms with Gasteiger partial charge in [-0.1, -0.05) is 216 Å². The maximum Gasteiger partial charge on any atom is 0.342 e. The molecule has 3 aliphatic heterocycles. The molecule has 0 spiro atoms. The minimum absolute atomic E-state index is 0.0211. The molecule has 404 valence electrons. The molecule has 0 saturated heterocycles. The molecule has 81 heavy (non-hydrogen) atoms. The molecule has 5 nitrogen and oxygen atoms in total. The monoisotopic (exact) mass is 1080 g/mol. The van der Waals surface area contributed by atoms with Crippen molar-refractivity contribution < 1.29 is 8.83 Å². The summed E-state index contributed by atoms with van der Waals surface area (Å²) in [5, 5.41) is 2.14. The fourth-order valence-corrected chi connectivity index (χ4v) is 14.3. The molecule has 0 fully saturated rings. The van der Waals surface area contributed by atoms with E-state index in [1.165, 1.54) is 37.9 Å². The highest BCUT2D eigenvalue weighted by molar-refractivity contribution is 8.03. The molecule has 7 aromatic carbocycles. The first-order valence-electron chi connectivity index (χ1n) is 29.3. The topological polar surface area (TPSA) is 36.0 Å². The lowest BCUT2D eigenvalue weighted by Crippen LogP contribution is -2.61. The summed E-state index contributed by atoms with van der Waals surface area (Å²) in [6, 6.07) is 55.0. The number of thioether (sulfide) groups is 1. The number of benzene rings is 7. The molecule has 0 saturated carbocycles. The van der Waals surface area contributed by atoms with Crippen LogP contribution in [0.25, 0.3) is 44.2 Å². The lowest BCUT2D eigenvalue weighted by atomic mass is 9.37. The highest BCUT2D eigenvalue weighted by atomic mass is 32.2. The maximum absolute atomic E-state index is 7.79. The zero-order chi connectivity index (χ0) is 56.1. The van der Waals surface area contributed by atoms with Crippen molar-refractivity contribution in [1.29, 1.82) is 0 Å². The normalized spacial score (nSPS) is 16.9. The average molecular weight is 1080 g/mol. The van der Waals surface area contributed by atoms with Crippen LogP contribution in [-0.4, -0.2) is 6.71 Å². The Bertz CT molecular complexity index is 4160. The Hall–Kier alpha value is -7.61. The van der Waals surface area contributed by atoms with Gasteiger partial charge >= 0.3 is 6.71 Å². The summed E-state index contributed by atoms with van der Waals surface area (Å²) in [5.41, 5.74) is 23.3. The Morgan fingerprint density at radius 2 is 1.05 bits per heavy atom. The summed E-state index contributed by atoms with van der Waals surface area (Å²) < 4.78 is 15.6. The molecule has 2 aliphatic carbocycles. The van der Waals surface area contributed by atoms with E-state index in [-0.39, 0.29) is 21.7 Å². The summed E-state index contributed by atoms with van der Waals surface area (Å²) in [7, 11) is 0. The Morgan fingerprint density at radius 3 is 1.58 bits per heavy atom. The zero-order valence-corrected chi connectivity index (χ0v) is 49.9. The van der Waals surface area contributed by atoms with Gasteiger partial charge < -0.3 is 23.5 Å². The SMILES string of the molecule is CC(C)(C)c1ccc(-c2cccc3c4c(oc23)B2c3oc5c(-c6ccc(C(C)(C)C)cc6)cccc5c3N(c3ccc(C(C)(C)C)cc3)c3cc(N5C6=C(C=CCC6)Sc6ccccc65)cc(c32)N4C2=CCC(C(C)(C)C)C=C2)cc1. The van der Waals surface area contributed by atoms with E-state index in [2.05, 4.69) is 274 Å². The van der Waals surface area contributed by atoms with E-state index in [0.29, 0.717) is 5.92 Å². The van der Waals surface area contributed by atoms with Gasteiger partial charge in [0.05, 0.1) is 22.7 Å². The van der Waals surface area contributed by atoms with Gasteiger partial charge in [0.1, 0.15) is 22.5 Å². The van der Waals surface area contributed by atoms with Crippen LogP contribution >= 0.6 is 11.8 Å². The van der Waals surface area contributed by atoms with Gasteiger partial charge in [-0.3, -0.25) is 0 Å². The molecule has 9 aromatic rings. The van der Waals surface area contributed by atoms with Gasteiger partial charge in [-0.15, -0.1) is 0 Å². The maximum atomic E-state index is 7.79. The molecule has 0 N–H and O–H groups in total. The van der Waals surface area contributed by atoms with Crippen molar-refractivity contribution in [2.24, 2.45) is 11.3 Å². The van der Waals surface area contributed by atoms with E-state index in [1.54, 1.807) is 0 Å². The first-order chi connectivity index (χ1) is 38.7. The van der Waals surface area contributed by atoms with Crippen molar-refractivity contribution in [1.82, 2.24) is 0 Å². The van der Waals surface area contributed by atoms with E-state index in [4.69, 9.17) is 8.83 Å². The van der Waals surface area contributed by atoms with Crippen molar-refractivity contribution in [3.05, 3.63) is 209 Å². The first kappa shape index (κ1) is 51.5. The van der Waals surface area contributed by atoms with Crippen molar-refractivity contribution >= 4 is 97.0 Å². The number of rotatable bonds is 5. The smallest absolute Gasteiger partial charge is 0.342 e. The van der Waals surface area contributed by atoms with Gasteiger partial charge in [0.15, 0.2) is 0 Å². The third-order valence-corrected chi connectivity index (χ3v) is 19.0. The molecule has 1 atom stereocenters. The predicted octanol–water partition coefficient (Wildman–Crippen LogP) is 19.5. The van der Waals surface area contributed by atoms with E-state index in [0.717, 1.165) is 120 Å². The third-order valence-electron chi connectivity index (χ3n) is 17.8. The summed E-state index contributed by atoms with van der Waals surface area (Å²) in [4.78, 5) is 10.2. The van der Waals surface area contributed by atoms with Gasteiger partial charge in [-0.05, 0) is 135 Å². The lowest BCUT2D eigenvalue weighted by Gasteiger charge is -2.43. The third kappa shape index (κ3) is 8.42. The number of para-hydroxylation sites is 3. The van der Waals surface area contributed by atoms with Gasteiger partial charge in [0.25, 0.3) is 0 Å². The fourth-order valence-electron chi connectivity index (χ4n) is 13.2. The van der Waals surface area contributed by atoms with Crippen LogP contribution < -0.4 is 31.5 Å². The highest BCUT2D eigenvalue weighted by Gasteiger charge is 2.51. The van der Waals surface area contributed by atoms with E-state index in [9.17, 15) is 0 Å². The number of fused-ring (bicyclic) bond motifs is 9. The summed E-state index contributed by atoms with van der Waals surface area (Å²) >= 11 is 1.89. The molecule has 0 amide bonds. The van der Waals surface area contributed by atoms with Crippen LogP contribution in [0.1, 0.15) is 119 Å². The number of nitrogens with zero attached hydrogens (tertiary/aromatic N) is 3. The Balaban J connectivity index is 1.11. The van der Waals surface area contributed by atoms with E-state index >= 15 is 0 Å². The van der Waals surface area contributed by atoms with Crippen LogP contribution in [0.15, 0.2) is 206 Å². The standard InChI is InChI=1S/C74H72BN3O2S/c1-71(2,3)47-31-27-45(28-32-47)54-19-17-21-56-65-69(79-67(54)56)75-64-60(77(65)51-39-35-49(36-40-51)73(7,8)9)43-53(76-58-23-13-15-25-62(58)81-63-26-16-14-24-59(63)76)44-61(64)78(52-41-37-50(38-42-52)74(10,11)12)66-57-22-18-20-55(68(57)80-70(66)75)46-29-33-48(34-30-46)72(4,5)6/h13,15-23,25-37,39-44,50H,14,24,38H2,1-12H3. The molecule has 7 heteroatoms. The molecule has 2 aromatic heterocycles. The first-order valence-corrected chi connectivity index (χ1v) is 30.1. The molecular formula is C74H72BN3O2S. The van der Waals surface area contributed by atoms with Gasteiger partial charge in [0.2, 0.25) is 0 Å². The second-order valence-corrected chi connectivity index (χ2v) is 28.4. The number of anilines is 7. The molecule has 5 heterocycles. The molecule has 1 unspecified atom stereocenters. The minimum atomic E-state index is -0.408. The number of hydrogen-bond donors (Lipinski definition) is 0. The Kier molecular flexibility index (Phi) is 11.7. The summed E-state index contributed by atoms with van der Waals surface area (Å²) in [5.74, 6) is 0.387. The van der Waals surface area contributed by atoms with Crippen molar-refractivity contribution in [2.75, 3.05) is 14.7 Å². The van der Waals surface area contributed by atoms with Crippen LogP contribution in [0.4, 0.5) is 39.8 Å². The van der Waals surface area contributed by atoms with Gasteiger partial charge in [-0.2, -0.15) is 0 Å². The van der Waals surface area contributed by atoms with Crippen LogP contribution in [0, 0.1) is 11.3 Å². The summed E-state index contributed by atoms with van der Waals surface area (Å²) in [6.07, 6.45) is 14.9. The summed E-state index contributed by atoms with van der Waals surface area (Å²) in [6.45, 7) is 27.3. The Labute approximate surface area is 483 Å². The average Bonchev–Trinajstić information content (AvgIpc) is 2.09. The molecule has 0 radical (unpaired) electrons. The minimum Gasteiger partial charge on any atom is -0.467 e. The van der Waals surface area contributed by atoms with E-state index in [1.807, 2.05) is 11.8 Å². The second-order valence-electron chi connectivity index (χ2n) is 27.3. The molecular weight excluding hydrogens is 1010 g/mol. The lowest BCUT2D eigenvalue weighted by molar-refractivity contribution is 0.293. The van der Waals surface area contributed by atoms with Crippen LogP contribution in [-0.2, 0) is 16.2 Å². The highest BCUT2D eigenvalue weighted by Crippen LogP contribution is 2.55. The fraction of sp³-hybridized carbons (Fsp3) is 0.270. The number of allylic oxidation sites excluding steroid dienone is 6. The van der Waals surface area contributed by atoms with Crippen LogP contribution in [0.3, 0.4) is 0 Å². The van der Waals surface area contributed by atoms with Crippen molar-refractivity contribution in [3.63, 3.8) is 0 Å². The van der Waals surface area contributed by atoms with Crippen LogP contribution in [0.2, 0.25) is 0 Å². The van der Waals surface area contributed by atoms with Gasteiger partial charge in [0, 0.05) is 60.2 Å². The number of furan rings is 2. The Morgan fingerprint density at radius 1 is 0.519 bits per heavy atom. The second kappa shape index (κ2) is 18.5. The van der Waals surface area contributed by atoms with Gasteiger partial charge in [-0.25, -0.2) is 0 Å². The van der Waals surface area contributed by atoms with Crippen molar-refractivity contribution in [3.8, 4) is 22.3 Å². The van der Waals surface area contributed by atoms with Crippen molar-refractivity contribution in [2.45, 2.75) is 123 Å². The largest absolute Gasteiger partial charge is 0.467 e. The van der Waals surface area contributed by atoms with E-state index < -0.39 is 6.71 Å². The molecule has 5 aliphatic rings. The molecule has 0 bridgehead atoms. The zero-order valence-electron chi connectivity index (χ0n) is 49.1.